The van der Waals surface area contributed by atoms with Crippen molar-refractivity contribution in [2.45, 2.75) is 38.6 Å². The van der Waals surface area contributed by atoms with Crippen molar-refractivity contribution in [3.63, 3.8) is 0 Å². The van der Waals surface area contributed by atoms with Crippen LogP contribution in [-0.2, 0) is 4.79 Å². The average Bonchev–Trinajstić information content (AvgIpc) is 2.85. The average molecular weight is 210 g/mol. The zero-order valence-corrected chi connectivity index (χ0v) is 9.83. The third-order valence-electron chi connectivity index (χ3n) is 3.49. The van der Waals surface area contributed by atoms with Crippen molar-refractivity contribution in [2.24, 2.45) is 11.8 Å². The first-order valence-electron chi connectivity index (χ1n) is 6.09. The van der Waals surface area contributed by atoms with Crippen LogP contribution in [0.25, 0.3) is 0 Å². The number of carbonyl (C=O) groups is 1. The Bertz CT molecular complexity index is 236. The molecular weight excluding hydrogens is 188 g/mol. The molecule has 2 aliphatic rings. The van der Waals surface area contributed by atoms with E-state index in [1.165, 1.54) is 32.2 Å². The SMILES string of the molecule is CC(=O)NC1CC(CC2CC2)CN(C)C1. The van der Waals surface area contributed by atoms with E-state index >= 15 is 0 Å². The molecule has 1 N–H and O–H groups in total. The third kappa shape index (κ3) is 3.49. The first kappa shape index (κ1) is 10.9. The fourth-order valence-electron chi connectivity index (χ4n) is 2.83. The van der Waals surface area contributed by atoms with E-state index in [1.54, 1.807) is 6.92 Å². The topological polar surface area (TPSA) is 32.3 Å². The summed E-state index contributed by atoms with van der Waals surface area (Å²) in [6.45, 7) is 3.85. The number of piperidine rings is 1. The molecule has 1 aliphatic heterocycles. The normalized spacial score (nSPS) is 32.7. The molecule has 1 aliphatic carbocycles. The standard InChI is InChI=1S/C12H22N2O/c1-9(15)13-12-6-11(5-10-3-4-10)7-14(2)8-12/h10-12H,3-8H2,1-2H3,(H,13,15). The smallest absolute Gasteiger partial charge is 0.217 e. The van der Waals surface area contributed by atoms with Crippen molar-refractivity contribution in [2.75, 3.05) is 20.1 Å². The number of nitrogens with zero attached hydrogens (tertiary/aromatic N) is 1. The summed E-state index contributed by atoms with van der Waals surface area (Å²) in [7, 11) is 2.16. The largest absolute Gasteiger partial charge is 0.352 e. The molecule has 3 heteroatoms. The molecule has 86 valence electrons. The fraction of sp³-hybridized carbons (Fsp3) is 0.917. The molecule has 0 bridgehead atoms. The number of hydrogen-bond acceptors (Lipinski definition) is 2. The Kier molecular flexibility index (Phi) is 3.29. The maximum absolute atomic E-state index is 11.0. The second-order valence-electron chi connectivity index (χ2n) is 5.40. The van der Waals surface area contributed by atoms with Gasteiger partial charge in [-0.1, -0.05) is 12.8 Å². The summed E-state index contributed by atoms with van der Waals surface area (Å²) in [6, 6.07) is 0.380. The van der Waals surface area contributed by atoms with E-state index in [2.05, 4.69) is 17.3 Å². The van der Waals surface area contributed by atoms with Gasteiger partial charge < -0.3 is 10.2 Å². The number of rotatable bonds is 3. The van der Waals surface area contributed by atoms with E-state index < -0.39 is 0 Å². The minimum Gasteiger partial charge on any atom is -0.352 e. The second-order valence-corrected chi connectivity index (χ2v) is 5.40. The van der Waals surface area contributed by atoms with Crippen molar-refractivity contribution in [1.29, 1.82) is 0 Å². The summed E-state index contributed by atoms with van der Waals surface area (Å²) in [5, 5.41) is 3.06. The molecule has 2 atom stereocenters. The lowest BCUT2D eigenvalue weighted by atomic mass is 9.90. The molecular formula is C12H22N2O. The van der Waals surface area contributed by atoms with Crippen molar-refractivity contribution in [3.05, 3.63) is 0 Å². The Morgan fingerprint density at radius 1 is 1.33 bits per heavy atom. The van der Waals surface area contributed by atoms with Gasteiger partial charge in [0.05, 0.1) is 0 Å². The van der Waals surface area contributed by atoms with Gasteiger partial charge in [-0.25, -0.2) is 0 Å². The maximum atomic E-state index is 11.0. The Labute approximate surface area is 92.2 Å². The molecule has 1 heterocycles. The zero-order valence-electron chi connectivity index (χ0n) is 9.83. The molecule has 0 aromatic carbocycles. The molecule has 3 nitrogen and oxygen atoms in total. The molecule has 1 saturated heterocycles. The van der Waals surface area contributed by atoms with Gasteiger partial charge in [-0.05, 0) is 31.7 Å². The van der Waals surface area contributed by atoms with E-state index in [-0.39, 0.29) is 5.91 Å². The van der Waals surface area contributed by atoms with Crippen LogP contribution in [0.5, 0.6) is 0 Å². The van der Waals surface area contributed by atoms with E-state index in [0.29, 0.717) is 6.04 Å². The number of carbonyl (C=O) groups excluding carboxylic acids is 1. The lowest BCUT2D eigenvalue weighted by Gasteiger charge is -2.36. The second kappa shape index (κ2) is 4.52. The van der Waals surface area contributed by atoms with Gasteiger partial charge in [0, 0.05) is 26.1 Å². The first-order valence-corrected chi connectivity index (χ1v) is 6.09. The van der Waals surface area contributed by atoms with Crippen molar-refractivity contribution >= 4 is 5.91 Å². The number of amides is 1. The first-order chi connectivity index (χ1) is 7.13. The van der Waals surface area contributed by atoms with Gasteiger partial charge in [0.15, 0.2) is 0 Å². The molecule has 2 rings (SSSR count). The van der Waals surface area contributed by atoms with Crippen LogP contribution in [0.3, 0.4) is 0 Å². The van der Waals surface area contributed by atoms with Crippen LogP contribution in [0.2, 0.25) is 0 Å². The number of nitrogens with one attached hydrogen (secondary N) is 1. The van der Waals surface area contributed by atoms with E-state index in [4.69, 9.17) is 0 Å². The minimum absolute atomic E-state index is 0.112. The predicted molar refractivity (Wildman–Crippen MR) is 60.5 cm³/mol. The summed E-state index contributed by atoms with van der Waals surface area (Å²) in [4.78, 5) is 13.4. The van der Waals surface area contributed by atoms with Gasteiger partial charge in [-0.3, -0.25) is 4.79 Å². The van der Waals surface area contributed by atoms with Gasteiger partial charge in [0.25, 0.3) is 0 Å². The molecule has 1 saturated carbocycles. The van der Waals surface area contributed by atoms with Gasteiger partial charge in [-0.15, -0.1) is 0 Å². The highest BCUT2D eigenvalue weighted by Gasteiger charge is 2.31. The summed E-state index contributed by atoms with van der Waals surface area (Å²) in [5.74, 6) is 1.91. The lowest BCUT2D eigenvalue weighted by Crippen LogP contribution is -2.49. The monoisotopic (exact) mass is 210 g/mol. The van der Waals surface area contributed by atoms with E-state index in [9.17, 15) is 4.79 Å². The Hall–Kier alpha value is -0.570. The predicted octanol–water partition coefficient (Wildman–Crippen LogP) is 1.24. The van der Waals surface area contributed by atoms with Crippen LogP contribution in [0.1, 0.15) is 32.6 Å². The van der Waals surface area contributed by atoms with Crippen LogP contribution >= 0.6 is 0 Å². The highest BCUT2D eigenvalue weighted by Crippen LogP contribution is 2.37. The fourth-order valence-corrected chi connectivity index (χ4v) is 2.83. The Morgan fingerprint density at radius 3 is 2.67 bits per heavy atom. The van der Waals surface area contributed by atoms with Gasteiger partial charge in [0.2, 0.25) is 5.91 Å². The van der Waals surface area contributed by atoms with Crippen molar-refractivity contribution in [3.8, 4) is 0 Å². The number of likely N-dealkylation sites (tertiary alicyclic amines) is 1. The molecule has 2 unspecified atom stereocenters. The third-order valence-corrected chi connectivity index (χ3v) is 3.49. The molecule has 1 amide bonds. The van der Waals surface area contributed by atoms with Crippen LogP contribution < -0.4 is 5.32 Å². The maximum Gasteiger partial charge on any atom is 0.217 e. The molecule has 0 radical (unpaired) electrons. The summed E-state index contributed by atoms with van der Waals surface area (Å²) in [6.07, 6.45) is 5.43. The quantitative estimate of drug-likeness (QED) is 0.760. The number of likely N-dealkylation sites (N-methyl/N-ethyl adjacent to an activating group) is 1. The van der Waals surface area contributed by atoms with E-state index in [0.717, 1.165) is 18.4 Å². The molecule has 15 heavy (non-hydrogen) atoms. The summed E-state index contributed by atoms with van der Waals surface area (Å²) < 4.78 is 0. The number of hydrogen-bond donors (Lipinski definition) is 1. The van der Waals surface area contributed by atoms with Crippen molar-refractivity contribution < 1.29 is 4.79 Å². The van der Waals surface area contributed by atoms with Crippen LogP contribution in [0.15, 0.2) is 0 Å². The molecule has 0 spiro atoms. The Morgan fingerprint density at radius 2 is 2.07 bits per heavy atom. The lowest BCUT2D eigenvalue weighted by molar-refractivity contribution is -0.120. The minimum atomic E-state index is 0.112. The summed E-state index contributed by atoms with van der Waals surface area (Å²) in [5.41, 5.74) is 0. The van der Waals surface area contributed by atoms with Gasteiger partial charge in [0.1, 0.15) is 0 Å². The molecule has 2 fully saturated rings. The summed E-state index contributed by atoms with van der Waals surface area (Å²) >= 11 is 0. The van der Waals surface area contributed by atoms with Gasteiger partial charge in [-0.2, -0.15) is 0 Å². The Balaban J connectivity index is 1.82. The zero-order chi connectivity index (χ0) is 10.8. The van der Waals surface area contributed by atoms with Crippen LogP contribution in [0, 0.1) is 11.8 Å². The highest BCUT2D eigenvalue weighted by atomic mass is 16.1. The van der Waals surface area contributed by atoms with E-state index in [1.807, 2.05) is 0 Å². The van der Waals surface area contributed by atoms with Crippen LogP contribution in [-0.4, -0.2) is 37.0 Å². The van der Waals surface area contributed by atoms with Gasteiger partial charge >= 0.3 is 0 Å². The molecule has 0 aromatic rings. The van der Waals surface area contributed by atoms with Crippen LogP contribution in [0.4, 0.5) is 0 Å². The highest BCUT2D eigenvalue weighted by molar-refractivity contribution is 5.73. The molecule has 0 aromatic heterocycles. The van der Waals surface area contributed by atoms with Crippen molar-refractivity contribution in [1.82, 2.24) is 10.2 Å².